The number of anilines is 1. The first-order valence-electron chi connectivity index (χ1n) is 12.0. The molecule has 176 valence electrons. The summed E-state index contributed by atoms with van der Waals surface area (Å²) in [6.07, 6.45) is 2.44. The number of carbonyl (C=O) groups is 1. The number of fused-ring (bicyclic) bond motifs is 1. The van der Waals surface area contributed by atoms with Crippen LogP contribution in [0.4, 0.5) is 5.69 Å². The van der Waals surface area contributed by atoms with E-state index in [-0.39, 0.29) is 24.7 Å². The number of carboxylic acid groups (broad SMARTS) is 1. The maximum Gasteiger partial charge on any atom is 0.311 e. The molecule has 0 amide bonds. The van der Waals surface area contributed by atoms with Gasteiger partial charge in [-0.05, 0) is 41.2 Å². The van der Waals surface area contributed by atoms with Crippen molar-refractivity contribution in [1.82, 2.24) is 10.3 Å². The number of nitrogens with zero attached hydrogens (tertiary/aromatic N) is 1. The summed E-state index contributed by atoms with van der Waals surface area (Å²) in [6, 6.07) is 23.1. The van der Waals surface area contributed by atoms with Crippen LogP contribution < -0.4 is 10.6 Å². The molecule has 0 saturated carbocycles. The molecule has 1 saturated heterocycles. The monoisotopic (exact) mass is 457 g/mol. The first-order chi connectivity index (χ1) is 16.6. The van der Waals surface area contributed by atoms with Crippen molar-refractivity contribution in [3.05, 3.63) is 95.3 Å². The topological polar surface area (TPSA) is 83.5 Å². The highest BCUT2D eigenvalue weighted by atomic mass is 16.5. The molecule has 0 radical (unpaired) electrons. The lowest BCUT2D eigenvalue weighted by molar-refractivity contribution is -0.174. The molecule has 1 aromatic heterocycles. The van der Waals surface area contributed by atoms with E-state index < -0.39 is 11.9 Å². The van der Waals surface area contributed by atoms with Gasteiger partial charge in [0, 0.05) is 31.2 Å². The molecule has 2 aliphatic heterocycles. The number of aromatic nitrogens is 1. The number of aliphatic carboxylic acids is 1. The summed E-state index contributed by atoms with van der Waals surface area (Å²) in [4.78, 5) is 16.0. The van der Waals surface area contributed by atoms with Crippen LogP contribution in [0.1, 0.15) is 47.4 Å². The fourth-order valence-electron chi connectivity index (χ4n) is 5.06. The van der Waals surface area contributed by atoms with E-state index in [0.717, 1.165) is 36.5 Å². The molecule has 3 unspecified atom stereocenters. The van der Waals surface area contributed by atoms with Gasteiger partial charge in [0.25, 0.3) is 0 Å². The molecular weight excluding hydrogens is 426 g/mol. The van der Waals surface area contributed by atoms with Crippen LogP contribution >= 0.6 is 0 Å². The van der Waals surface area contributed by atoms with Crippen LogP contribution in [0, 0.1) is 11.8 Å². The zero-order chi connectivity index (χ0) is 23.5. The number of carboxylic acids is 1. The van der Waals surface area contributed by atoms with Crippen molar-refractivity contribution >= 4 is 11.7 Å². The van der Waals surface area contributed by atoms with Crippen molar-refractivity contribution in [1.29, 1.82) is 0 Å². The Morgan fingerprint density at radius 1 is 1.15 bits per heavy atom. The van der Waals surface area contributed by atoms with Crippen molar-refractivity contribution in [2.75, 3.05) is 25.0 Å². The third kappa shape index (κ3) is 4.69. The highest BCUT2D eigenvalue weighted by Gasteiger charge is 2.39. The summed E-state index contributed by atoms with van der Waals surface area (Å²) in [5, 5.41) is 16.8. The van der Waals surface area contributed by atoms with Crippen LogP contribution in [0.15, 0.2) is 72.9 Å². The molecule has 1 fully saturated rings. The van der Waals surface area contributed by atoms with Gasteiger partial charge in [-0.15, -0.1) is 0 Å². The van der Waals surface area contributed by atoms with Crippen molar-refractivity contribution < 1.29 is 14.6 Å². The second-order valence-corrected chi connectivity index (χ2v) is 9.41. The van der Waals surface area contributed by atoms with Crippen LogP contribution in [0.5, 0.6) is 0 Å². The first kappa shape index (κ1) is 22.6. The van der Waals surface area contributed by atoms with E-state index in [1.54, 1.807) is 0 Å². The van der Waals surface area contributed by atoms with Gasteiger partial charge in [-0.25, -0.2) is 0 Å². The van der Waals surface area contributed by atoms with Gasteiger partial charge >= 0.3 is 5.97 Å². The first-order valence-corrected chi connectivity index (χ1v) is 12.0. The normalized spacial score (nSPS) is 23.1. The van der Waals surface area contributed by atoms with Crippen molar-refractivity contribution in [3.8, 4) is 0 Å². The molecule has 5 rings (SSSR count). The van der Waals surface area contributed by atoms with Gasteiger partial charge in [0.05, 0.1) is 24.1 Å². The van der Waals surface area contributed by atoms with Crippen LogP contribution in [0.3, 0.4) is 0 Å². The van der Waals surface area contributed by atoms with Crippen molar-refractivity contribution in [3.63, 3.8) is 0 Å². The van der Waals surface area contributed by atoms with Gasteiger partial charge in [-0.1, -0.05) is 61.5 Å². The largest absolute Gasteiger partial charge is 0.481 e. The highest BCUT2D eigenvalue weighted by Crippen LogP contribution is 2.37. The fourth-order valence-corrected chi connectivity index (χ4v) is 5.06. The molecular formula is C28H31N3O3. The zero-order valence-electron chi connectivity index (χ0n) is 19.4. The number of ether oxygens (including phenoxy) is 1. The molecule has 0 spiro atoms. The maximum absolute atomic E-state index is 11.4. The minimum absolute atomic E-state index is 0.195. The summed E-state index contributed by atoms with van der Waals surface area (Å²) in [5.74, 6) is -0.611. The van der Waals surface area contributed by atoms with E-state index in [2.05, 4.69) is 71.1 Å². The van der Waals surface area contributed by atoms with Gasteiger partial charge in [0.1, 0.15) is 5.92 Å². The van der Waals surface area contributed by atoms with Gasteiger partial charge in [-0.2, -0.15) is 0 Å². The van der Waals surface area contributed by atoms with Gasteiger partial charge < -0.3 is 20.5 Å². The van der Waals surface area contributed by atoms with E-state index in [1.165, 1.54) is 11.1 Å². The summed E-state index contributed by atoms with van der Waals surface area (Å²) < 4.78 is 5.58. The molecule has 2 aromatic carbocycles. The van der Waals surface area contributed by atoms with Gasteiger partial charge in [0.2, 0.25) is 0 Å². The van der Waals surface area contributed by atoms with Crippen LogP contribution in [0.25, 0.3) is 0 Å². The van der Waals surface area contributed by atoms with E-state index in [1.807, 2.05) is 24.4 Å². The Morgan fingerprint density at radius 3 is 2.74 bits per heavy atom. The van der Waals surface area contributed by atoms with E-state index in [9.17, 15) is 9.90 Å². The second kappa shape index (κ2) is 9.95. The predicted molar refractivity (Wildman–Crippen MR) is 132 cm³/mol. The molecule has 2 aliphatic rings. The molecule has 3 aromatic rings. The Bertz CT molecular complexity index is 1140. The number of hydrogen-bond donors (Lipinski definition) is 3. The lowest BCUT2D eigenvalue weighted by Gasteiger charge is -2.35. The smallest absolute Gasteiger partial charge is 0.311 e. The Balaban J connectivity index is 1.30. The number of nitrogens with one attached hydrogen (secondary N) is 2. The average Bonchev–Trinajstić information content (AvgIpc) is 2.84. The SMILES string of the molecule is CC(CN[C@H](c1ccccc1)[C@H]1CNc2cccnc2C1)c1cccc(C2OCC2C(=O)O)c1. The minimum Gasteiger partial charge on any atom is -0.481 e. The maximum atomic E-state index is 11.4. The summed E-state index contributed by atoms with van der Waals surface area (Å²) in [5.41, 5.74) is 5.66. The van der Waals surface area contributed by atoms with Gasteiger partial charge in [-0.3, -0.25) is 9.78 Å². The quantitative estimate of drug-likeness (QED) is 0.460. The summed E-state index contributed by atoms with van der Waals surface area (Å²) in [7, 11) is 0. The number of benzene rings is 2. The standard InChI is InChI=1S/C28H31N3O3/c1-18(20-9-5-10-21(13-20)27-23(17-34-27)28(32)33)15-31-26(19-7-3-2-4-8-19)22-14-25-24(30-16-22)11-6-12-29-25/h2-13,18,22-23,26-27,30-31H,14-17H2,1H3,(H,32,33)/t18?,22-,23?,26-,27?/m1/s1. The van der Waals surface area contributed by atoms with Crippen molar-refractivity contribution in [2.24, 2.45) is 11.8 Å². The molecule has 0 bridgehead atoms. The Hall–Kier alpha value is -3.22. The predicted octanol–water partition coefficient (Wildman–Crippen LogP) is 4.57. The van der Waals surface area contributed by atoms with E-state index in [0.29, 0.717) is 5.92 Å². The molecule has 0 aliphatic carbocycles. The number of hydrogen-bond acceptors (Lipinski definition) is 5. The molecule has 5 atom stereocenters. The van der Waals surface area contributed by atoms with Crippen LogP contribution in [-0.4, -0.2) is 35.8 Å². The second-order valence-electron chi connectivity index (χ2n) is 9.41. The lowest BCUT2D eigenvalue weighted by atomic mass is 9.85. The lowest BCUT2D eigenvalue weighted by Crippen LogP contribution is -2.38. The third-order valence-corrected chi connectivity index (χ3v) is 7.12. The number of pyridine rings is 1. The Kier molecular flexibility index (Phi) is 6.61. The molecule has 6 heteroatoms. The Morgan fingerprint density at radius 2 is 1.97 bits per heavy atom. The number of rotatable bonds is 8. The van der Waals surface area contributed by atoms with Crippen LogP contribution in [0.2, 0.25) is 0 Å². The third-order valence-electron chi connectivity index (χ3n) is 7.12. The molecule has 3 heterocycles. The van der Waals surface area contributed by atoms with Crippen LogP contribution in [-0.2, 0) is 16.0 Å². The molecule has 6 nitrogen and oxygen atoms in total. The Labute approximate surface area is 200 Å². The zero-order valence-corrected chi connectivity index (χ0v) is 19.4. The average molecular weight is 458 g/mol. The highest BCUT2D eigenvalue weighted by molar-refractivity contribution is 5.72. The minimum atomic E-state index is -0.792. The fraction of sp³-hybridized carbons (Fsp3) is 0.357. The molecule has 3 N–H and O–H groups in total. The van der Waals surface area contributed by atoms with Crippen molar-refractivity contribution in [2.45, 2.75) is 31.4 Å². The summed E-state index contributed by atoms with van der Waals surface area (Å²) >= 11 is 0. The van der Waals surface area contributed by atoms with E-state index in [4.69, 9.17) is 4.74 Å². The van der Waals surface area contributed by atoms with Gasteiger partial charge in [0.15, 0.2) is 0 Å². The van der Waals surface area contributed by atoms with E-state index >= 15 is 0 Å². The summed E-state index contributed by atoms with van der Waals surface area (Å²) in [6.45, 7) is 4.20. The molecule has 34 heavy (non-hydrogen) atoms.